The maximum absolute atomic E-state index is 14.2. The normalized spacial score (nSPS) is 12.0. The first-order chi connectivity index (χ1) is 21.8. The van der Waals surface area contributed by atoms with E-state index < -0.39 is 0 Å². The minimum absolute atomic E-state index is 0.193. The summed E-state index contributed by atoms with van der Waals surface area (Å²) in [6, 6.07) is 29.8. The summed E-state index contributed by atoms with van der Waals surface area (Å²) in [5.41, 5.74) is 5.14. The lowest BCUT2D eigenvalue weighted by atomic mass is 9.82. The summed E-state index contributed by atoms with van der Waals surface area (Å²) >= 11 is 0. The van der Waals surface area contributed by atoms with Gasteiger partial charge in [0.25, 0.3) is 0 Å². The van der Waals surface area contributed by atoms with Crippen LogP contribution in [0.5, 0.6) is 23.0 Å². The third-order valence-corrected chi connectivity index (χ3v) is 8.09. The number of hydrogen-bond acceptors (Lipinski definition) is 8. The van der Waals surface area contributed by atoms with Crippen molar-refractivity contribution >= 4 is 22.9 Å². The largest absolute Gasteiger partial charge is 0.504 e. The molecule has 5 aromatic carbocycles. The van der Waals surface area contributed by atoms with Crippen molar-refractivity contribution in [2.45, 2.75) is 19.4 Å². The summed E-state index contributed by atoms with van der Waals surface area (Å²) in [5, 5.41) is 42.7. The van der Waals surface area contributed by atoms with E-state index in [1.165, 1.54) is 24.3 Å². The van der Waals surface area contributed by atoms with Crippen LogP contribution >= 0.6 is 0 Å². The highest BCUT2D eigenvalue weighted by atomic mass is 16.3. The Hall–Kier alpha value is -5.76. The molecule has 1 aliphatic carbocycles. The fourth-order valence-electron chi connectivity index (χ4n) is 5.76. The number of anilines is 2. The molecule has 0 amide bonds. The summed E-state index contributed by atoms with van der Waals surface area (Å²) in [6.45, 7) is 1.35. The maximum atomic E-state index is 14.2. The predicted molar refractivity (Wildman–Crippen MR) is 173 cm³/mol. The van der Waals surface area contributed by atoms with Crippen molar-refractivity contribution in [2.24, 2.45) is 0 Å². The number of benzene rings is 5. The van der Waals surface area contributed by atoms with Gasteiger partial charge in [0.15, 0.2) is 34.6 Å². The molecule has 0 radical (unpaired) electrons. The summed E-state index contributed by atoms with van der Waals surface area (Å²) in [5.74, 6) is -1.26. The van der Waals surface area contributed by atoms with Crippen molar-refractivity contribution in [3.8, 4) is 23.0 Å². The average Bonchev–Trinajstić information content (AvgIpc) is 3.05. The van der Waals surface area contributed by atoms with E-state index in [9.17, 15) is 30.0 Å². The summed E-state index contributed by atoms with van der Waals surface area (Å²) in [6.07, 6.45) is 1.01. The molecule has 0 aromatic heterocycles. The standard InChI is InChI=1S/C37H32N2O6/c40-30-14-10-23(20-32(30)42)16-18-38-28-12-13-29(35-34(28)36(44)26-8-4-5-9-27(26)37(35)45)39(22-25-6-2-1-3-7-25)19-17-24-11-15-31(41)33(43)21-24/h1-15,20-21,38,40-43H,16-19,22H2. The van der Waals surface area contributed by atoms with Gasteiger partial charge in [0, 0.05) is 42.1 Å². The molecule has 0 saturated carbocycles. The van der Waals surface area contributed by atoms with Gasteiger partial charge in [0.2, 0.25) is 0 Å². The van der Waals surface area contributed by atoms with Crippen LogP contribution in [0.2, 0.25) is 0 Å². The Balaban J connectivity index is 1.39. The molecule has 0 heterocycles. The fourth-order valence-corrected chi connectivity index (χ4v) is 5.76. The minimum Gasteiger partial charge on any atom is -0.504 e. The number of nitrogens with one attached hydrogen (secondary N) is 1. The van der Waals surface area contributed by atoms with Gasteiger partial charge in [0.1, 0.15) is 0 Å². The molecule has 0 spiro atoms. The van der Waals surface area contributed by atoms with Gasteiger partial charge < -0.3 is 30.6 Å². The Labute approximate surface area is 260 Å². The van der Waals surface area contributed by atoms with Crippen LogP contribution in [-0.4, -0.2) is 45.1 Å². The second-order valence-corrected chi connectivity index (χ2v) is 11.1. The second kappa shape index (κ2) is 12.5. The van der Waals surface area contributed by atoms with Crippen LogP contribution < -0.4 is 10.2 Å². The zero-order valence-electron chi connectivity index (χ0n) is 24.4. The number of aromatic hydroxyl groups is 4. The molecule has 0 saturated heterocycles. The van der Waals surface area contributed by atoms with Crippen LogP contribution in [0, 0.1) is 0 Å². The Bertz CT molecular complexity index is 1900. The van der Waals surface area contributed by atoms with E-state index in [4.69, 9.17) is 0 Å². The highest BCUT2D eigenvalue weighted by Crippen LogP contribution is 2.39. The van der Waals surface area contributed by atoms with E-state index in [1.807, 2.05) is 42.5 Å². The Morgan fingerprint density at radius 1 is 0.556 bits per heavy atom. The number of fused-ring (bicyclic) bond motifs is 2. The van der Waals surface area contributed by atoms with Gasteiger partial charge in [-0.15, -0.1) is 0 Å². The SMILES string of the molecule is O=C1c2ccccc2C(=O)c2c(N(CCc3ccc(O)c(O)c3)Cc3ccccc3)ccc(NCCc3ccc(O)c(O)c3)c21. The summed E-state index contributed by atoms with van der Waals surface area (Å²) in [7, 11) is 0. The Morgan fingerprint density at radius 3 is 1.76 bits per heavy atom. The van der Waals surface area contributed by atoms with E-state index in [2.05, 4.69) is 10.2 Å². The van der Waals surface area contributed by atoms with E-state index >= 15 is 0 Å². The van der Waals surface area contributed by atoms with Crippen molar-refractivity contribution in [3.05, 3.63) is 142 Å². The number of rotatable bonds is 10. The molecule has 226 valence electrons. The zero-order chi connectivity index (χ0) is 31.5. The first-order valence-electron chi connectivity index (χ1n) is 14.7. The lowest BCUT2D eigenvalue weighted by Crippen LogP contribution is -2.31. The van der Waals surface area contributed by atoms with Crippen molar-refractivity contribution < 1.29 is 30.0 Å². The molecule has 0 bridgehead atoms. The first-order valence-corrected chi connectivity index (χ1v) is 14.7. The van der Waals surface area contributed by atoms with Gasteiger partial charge in [-0.2, -0.15) is 0 Å². The third-order valence-electron chi connectivity index (χ3n) is 8.09. The van der Waals surface area contributed by atoms with Crippen LogP contribution in [0.4, 0.5) is 11.4 Å². The second-order valence-electron chi connectivity index (χ2n) is 11.1. The molecular weight excluding hydrogens is 568 g/mol. The molecule has 1 aliphatic rings. The molecule has 0 fully saturated rings. The van der Waals surface area contributed by atoms with E-state index in [0.29, 0.717) is 66.1 Å². The summed E-state index contributed by atoms with van der Waals surface area (Å²) in [4.78, 5) is 30.3. The number of phenols is 4. The number of phenolic OH excluding ortho intramolecular Hbond substituents is 4. The van der Waals surface area contributed by atoms with Gasteiger partial charge in [-0.1, -0.05) is 66.7 Å². The minimum atomic E-state index is -0.241. The fraction of sp³-hybridized carbons (Fsp3) is 0.135. The number of nitrogens with zero attached hydrogens (tertiary/aromatic N) is 1. The van der Waals surface area contributed by atoms with Gasteiger partial charge in [0.05, 0.1) is 11.1 Å². The number of carbonyl (C=O) groups excluding carboxylic acids is 2. The lowest BCUT2D eigenvalue weighted by molar-refractivity contribution is 0.0980. The smallest absolute Gasteiger partial charge is 0.196 e. The lowest BCUT2D eigenvalue weighted by Gasteiger charge is -2.31. The predicted octanol–water partition coefficient (Wildman–Crippen LogP) is 6.19. The van der Waals surface area contributed by atoms with E-state index in [0.717, 1.165) is 16.7 Å². The van der Waals surface area contributed by atoms with Crippen LogP contribution in [-0.2, 0) is 19.4 Å². The van der Waals surface area contributed by atoms with Crippen molar-refractivity contribution in [3.63, 3.8) is 0 Å². The molecule has 8 heteroatoms. The van der Waals surface area contributed by atoms with Crippen LogP contribution in [0.1, 0.15) is 48.5 Å². The molecule has 5 aromatic rings. The topological polar surface area (TPSA) is 130 Å². The monoisotopic (exact) mass is 600 g/mol. The number of ketones is 2. The number of carbonyl (C=O) groups is 2. The van der Waals surface area contributed by atoms with Gasteiger partial charge in [-0.25, -0.2) is 0 Å². The molecule has 0 aliphatic heterocycles. The molecule has 0 atom stereocenters. The van der Waals surface area contributed by atoms with Gasteiger partial charge in [-0.3, -0.25) is 9.59 Å². The average molecular weight is 601 g/mol. The molecule has 0 unspecified atom stereocenters. The molecule has 5 N–H and O–H groups in total. The Morgan fingerprint density at radius 2 is 1.13 bits per heavy atom. The highest BCUT2D eigenvalue weighted by Gasteiger charge is 2.35. The zero-order valence-corrected chi connectivity index (χ0v) is 24.4. The number of hydrogen-bond donors (Lipinski definition) is 5. The van der Waals surface area contributed by atoms with Crippen LogP contribution in [0.25, 0.3) is 0 Å². The van der Waals surface area contributed by atoms with Crippen molar-refractivity contribution in [1.82, 2.24) is 0 Å². The maximum Gasteiger partial charge on any atom is 0.196 e. The van der Waals surface area contributed by atoms with Gasteiger partial charge in [-0.05, 0) is 65.9 Å². The van der Waals surface area contributed by atoms with Crippen LogP contribution in [0.15, 0.2) is 103 Å². The van der Waals surface area contributed by atoms with Crippen molar-refractivity contribution in [2.75, 3.05) is 23.3 Å². The summed E-state index contributed by atoms with van der Waals surface area (Å²) < 4.78 is 0. The molecule has 8 nitrogen and oxygen atoms in total. The van der Waals surface area contributed by atoms with Crippen molar-refractivity contribution in [1.29, 1.82) is 0 Å². The Kier molecular flexibility index (Phi) is 8.12. The molecule has 6 rings (SSSR count). The quantitative estimate of drug-likeness (QED) is 0.118. The van der Waals surface area contributed by atoms with E-state index in [-0.39, 0.29) is 34.6 Å². The highest BCUT2D eigenvalue weighted by molar-refractivity contribution is 6.32. The van der Waals surface area contributed by atoms with Crippen LogP contribution in [0.3, 0.4) is 0 Å². The van der Waals surface area contributed by atoms with E-state index in [1.54, 1.807) is 36.4 Å². The third kappa shape index (κ3) is 6.03. The molecular formula is C37H32N2O6. The molecule has 45 heavy (non-hydrogen) atoms. The first kappa shape index (κ1) is 29.3. The van der Waals surface area contributed by atoms with Gasteiger partial charge >= 0.3 is 0 Å².